The van der Waals surface area contributed by atoms with Crippen molar-refractivity contribution < 1.29 is 23.7 Å². The van der Waals surface area contributed by atoms with Crippen LogP contribution in [0.25, 0.3) is 0 Å². The highest BCUT2D eigenvalue weighted by Gasteiger charge is 2.31. The number of hydrogen-bond donors (Lipinski definition) is 0. The zero-order chi connectivity index (χ0) is 13.4. The zero-order valence-electron chi connectivity index (χ0n) is 11.9. The van der Waals surface area contributed by atoms with E-state index in [1.54, 1.807) is 0 Å². The van der Waals surface area contributed by atoms with Crippen LogP contribution >= 0.6 is 0 Å². The maximum absolute atomic E-state index is 5.84. The Labute approximate surface area is 110 Å². The Morgan fingerprint density at radius 3 is 2.11 bits per heavy atom. The second-order valence-electron chi connectivity index (χ2n) is 4.92. The highest BCUT2D eigenvalue weighted by atomic mass is 16.7. The van der Waals surface area contributed by atoms with Gasteiger partial charge in [0.1, 0.15) is 12.9 Å². The Morgan fingerprint density at radius 1 is 1.06 bits per heavy atom. The summed E-state index contributed by atoms with van der Waals surface area (Å²) in [5.74, 6) is 0. The molecule has 0 amide bonds. The summed E-state index contributed by atoms with van der Waals surface area (Å²) in [7, 11) is 0. The fraction of sp³-hybridized carbons (Fsp3) is 1.00. The molecule has 0 aliphatic carbocycles. The molecule has 1 saturated heterocycles. The van der Waals surface area contributed by atoms with Gasteiger partial charge in [-0.25, -0.2) is 0 Å². The molecule has 0 radical (unpaired) electrons. The van der Waals surface area contributed by atoms with Gasteiger partial charge in [-0.15, -0.1) is 0 Å². The van der Waals surface area contributed by atoms with Crippen LogP contribution in [0.5, 0.6) is 0 Å². The molecule has 18 heavy (non-hydrogen) atoms. The van der Waals surface area contributed by atoms with E-state index in [0.29, 0.717) is 39.8 Å². The molecular weight excluding hydrogens is 236 g/mol. The molecule has 1 unspecified atom stereocenters. The van der Waals surface area contributed by atoms with Gasteiger partial charge in [-0.05, 0) is 20.8 Å². The third kappa shape index (κ3) is 5.20. The average molecular weight is 262 g/mol. The Hall–Kier alpha value is -0.200. The molecule has 0 bridgehead atoms. The fourth-order valence-electron chi connectivity index (χ4n) is 1.82. The number of hydrogen-bond acceptors (Lipinski definition) is 5. The molecular formula is C13H26O5. The molecule has 1 rings (SSSR count). The van der Waals surface area contributed by atoms with Crippen molar-refractivity contribution in [3.05, 3.63) is 0 Å². The summed E-state index contributed by atoms with van der Waals surface area (Å²) in [4.78, 5) is 0. The first-order valence-corrected chi connectivity index (χ1v) is 6.61. The minimum atomic E-state index is -0.311. The van der Waals surface area contributed by atoms with Gasteiger partial charge in [0, 0.05) is 18.6 Å². The normalized spacial score (nSPS) is 21.2. The molecule has 1 atom stereocenters. The summed E-state index contributed by atoms with van der Waals surface area (Å²) in [5.41, 5.74) is -0.0878. The lowest BCUT2D eigenvalue weighted by atomic mass is 9.94. The lowest BCUT2D eigenvalue weighted by Gasteiger charge is -2.34. The summed E-state index contributed by atoms with van der Waals surface area (Å²) in [6.45, 7) is 11.5. The van der Waals surface area contributed by atoms with E-state index in [1.165, 1.54) is 0 Å². The van der Waals surface area contributed by atoms with Crippen LogP contribution in [-0.4, -0.2) is 52.2 Å². The first kappa shape index (κ1) is 15.9. The Bertz CT molecular complexity index is 209. The third-order valence-corrected chi connectivity index (χ3v) is 2.81. The van der Waals surface area contributed by atoms with Crippen LogP contribution in [0.15, 0.2) is 0 Å². The molecule has 1 heterocycles. The predicted octanol–water partition coefficient (Wildman–Crippen LogP) is 1.80. The quantitative estimate of drug-likeness (QED) is 0.624. The molecule has 0 saturated carbocycles. The lowest BCUT2D eigenvalue weighted by Crippen LogP contribution is -2.41. The van der Waals surface area contributed by atoms with E-state index in [1.807, 2.05) is 20.8 Å². The smallest absolute Gasteiger partial charge is 0.183 e. The molecule has 0 spiro atoms. The largest absolute Gasteiger partial charge is 0.372 e. The molecule has 0 aromatic carbocycles. The monoisotopic (exact) mass is 262 g/mol. The van der Waals surface area contributed by atoms with Crippen LogP contribution in [0, 0.1) is 5.41 Å². The van der Waals surface area contributed by atoms with Gasteiger partial charge in [0.05, 0.1) is 19.8 Å². The van der Waals surface area contributed by atoms with E-state index < -0.39 is 0 Å². The van der Waals surface area contributed by atoms with Gasteiger partial charge in [-0.2, -0.15) is 0 Å². The van der Waals surface area contributed by atoms with Crippen LogP contribution in [0.1, 0.15) is 27.7 Å². The van der Waals surface area contributed by atoms with E-state index >= 15 is 0 Å². The van der Waals surface area contributed by atoms with Crippen molar-refractivity contribution in [2.24, 2.45) is 5.41 Å². The fourth-order valence-corrected chi connectivity index (χ4v) is 1.82. The molecule has 5 nitrogen and oxygen atoms in total. The van der Waals surface area contributed by atoms with Gasteiger partial charge < -0.3 is 23.7 Å². The van der Waals surface area contributed by atoms with Crippen LogP contribution in [0.3, 0.4) is 0 Å². The van der Waals surface area contributed by atoms with Gasteiger partial charge in [0.15, 0.2) is 6.29 Å². The molecule has 1 aliphatic heterocycles. The minimum Gasteiger partial charge on any atom is -0.372 e. The van der Waals surface area contributed by atoms with Gasteiger partial charge in [0.2, 0.25) is 0 Å². The Balaban J connectivity index is 2.35. The predicted molar refractivity (Wildman–Crippen MR) is 67.3 cm³/mol. The van der Waals surface area contributed by atoms with Crippen LogP contribution < -0.4 is 0 Å². The maximum Gasteiger partial charge on any atom is 0.183 e. The summed E-state index contributed by atoms with van der Waals surface area (Å²) >= 11 is 0. The van der Waals surface area contributed by atoms with Gasteiger partial charge in [-0.3, -0.25) is 0 Å². The minimum absolute atomic E-state index is 0.0878. The van der Waals surface area contributed by atoms with Crippen molar-refractivity contribution in [2.75, 3.05) is 39.8 Å². The summed E-state index contributed by atoms with van der Waals surface area (Å²) < 4.78 is 27.5. The Morgan fingerprint density at radius 2 is 1.61 bits per heavy atom. The van der Waals surface area contributed by atoms with Crippen LogP contribution in [0.2, 0.25) is 0 Å². The second kappa shape index (κ2) is 8.07. The van der Waals surface area contributed by atoms with E-state index in [2.05, 4.69) is 6.92 Å². The molecule has 0 N–H and O–H groups in total. The van der Waals surface area contributed by atoms with Crippen molar-refractivity contribution in [2.45, 2.75) is 40.1 Å². The molecule has 1 aliphatic rings. The summed E-state index contributed by atoms with van der Waals surface area (Å²) in [6.07, 6.45) is -0.419. The van der Waals surface area contributed by atoms with Crippen LogP contribution in [0.4, 0.5) is 0 Å². The van der Waals surface area contributed by atoms with Crippen molar-refractivity contribution in [3.63, 3.8) is 0 Å². The summed E-state index contributed by atoms with van der Waals surface area (Å²) in [5, 5.41) is 0. The molecule has 1 fully saturated rings. The van der Waals surface area contributed by atoms with Gasteiger partial charge >= 0.3 is 0 Å². The van der Waals surface area contributed by atoms with Crippen molar-refractivity contribution in [1.82, 2.24) is 0 Å². The number of rotatable bonds is 8. The van der Waals surface area contributed by atoms with Gasteiger partial charge in [0.25, 0.3) is 0 Å². The Kier molecular flexibility index (Phi) is 7.11. The van der Waals surface area contributed by atoms with Crippen molar-refractivity contribution >= 4 is 0 Å². The molecule has 5 heteroatoms. The summed E-state index contributed by atoms with van der Waals surface area (Å²) in [6, 6.07) is 0. The van der Waals surface area contributed by atoms with E-state index in [9.17, 15) is 0 Å². The van der Waals surface area contributed by atoms with Gasteiger partial charge in [-0.1, -0.05) is 6.92 Å². The maximum atomic E-state index is 5.84. The van der Waals surface area contributed by atoms with Crippen LogP contribution in [-0.2, 0) is 23.7 Å². The second-order valence-corrected chi connectivity index (χ2v) is 4.92. The van der Waals surface area contributed by atoms with E-state index in [4.69, 9.17) is 23.7 Å². The molecule has 108 valence electrons. The lowest BCUT2D eigenvalue weighted by molar-refractivity contribution is -0.222. The highest BCUT2D eigenvalue weighted by Crippen LogP contribution is 2.23. The molecule has 0 aromatic heterocycles. The van der Waals surface area contributed by atoms with Crippen molar-refractivity contribution in [1.29, 1.82) is 0 Å². The SMILES string of the molecule is CCOC(OCC)C(C)OCC1(C)COCOC1. The average Bonchev–Trinajstić information content (AvgIpc) is 2.37. The zero-order valence-corrected chi connectivity index (χ0v) is 11.9. The van der Waals surface area contributed by atoms with E-state index in [0.717, 1.165) is 0 Å². The molecule has 0 aromatic rings. The topological polar surface area (TPSA) is 46.2 Å². The first-order valence-electron chi connectivity index (χ1n) is 6.61. The first-order chi connectivity index (χ1) is 8.61. The van der Waals surface area contributed by atoms with Crippen molar-refractivity contribution in [3.8, 4) is 0 Å². The highest BCUT2D eigenvalue weighted by molar-refractivity contribution is 4.75. The standard InChI is InChI=1S/C13H26O5/c1-5-16-12(17-6-2)11(3)18-9-13(4)7-14-10-15-8-13/h11-12H,5-10H2,1-4H3. The third-order valence-electron chi connectivity index (χ3n) is 2.81. The number of ether oxygens (including phenoxy) is 5. The van der Waals surface area contributed by atoms with E-state index in [-0.39, 0.29) is 17.8 Å².